The van der Waals surface area contributed by atoms with Gasteiger partial charge in [0.25, 0.3) is 0 Å². The van der Waals surface area contributed by atoms with Crippen molar-refractivity contribution in [2.45, 2.75) is 37.8 Å². The van der Waals surface area contributed by atoms with E-state index in [4.69, 9.17) is 23.1 Å². The van der Waals surface area contributed by atoms with Crippen molar-refractivity contribution in [3.63, 3.8) is 0 Å². The SMILES string of the molecule is NC(=O)c1ccc(NC2CCCCC2N)cc1Cl. The molecular formula is C13H18ClN3O. The van der Waals surface area contributed by atoms with Crippen molar-refractivity contribution in [3.8, 4) is 0 Å². The quantitative estimate of drug-likeness (QED) is 0.785. The highest BCUT2D eigenvalue weighted by Crippen LogP contribution is 2.24. The summed E-state index contributed by atoms with van der Waals surface area (Å²) in [6.45, 7) is 0. The van der Waals surface area contributed by atoms with Crippen molar-refractivity contribution in [1.29, 1.82) is 0 Å². The average Bonchev–Trinajstić information content (AvgIpc) is 2.32. The lowest BCUT2D eigenvalue weighted by Gasteiger charge is -2.30. The zero-order chi connectivity index (χ0) is 13.1. The normalized spacial score (nSPS) is 23.7. The van der Waals surface area contributed by atoms with Gasteiger partial charge < -0.3 is 16.8 Å². The molecule has 1 aliphatic carbocycles. The maximum Gasteiger partial charge on any atom is 0.250 e. The van der Waals surface area contributed by atoms with Gasteiger partial charge in [-0.25, -0.2) is 0 Å². The van der Waals surface area contributed by atoms with Crippen molar-refractivity contribution < 1.29 is 4.79 Å². The summed E-state index contributed by atoms with van der Waals surface area (Å²) >= 11 is 6.01. The first-order valence-electron chi connectivity index (χ1n) is 6.19. The maximum atomic E-state index is 11.1. The third kappa shape index (κ3) is 2.94. The van der Waals surface area contributed by atoms with E-state index >= 15 is 0 Å². The van der Waals surface area contributed by atoms with Gasteiger partial charge in [-0.1, -0.05) is 24.4 Å². The van der Waals surface area contributed by atoms with Gasteiger partial charge in [-0.15, -0.1) is 0 Å². The van der Waals surface area contributed by atoms with Crippen LogP contribution in [0.25, 0.3) is 0 Å². The molecule has 0 aliphatic heterocycles. The lowest BCUT2D eigenvalue weighted by molar-refractivity contribution is 0.100. The molecule has 18 heavy (non-hydrogen) atoms. The fourth-order valence-electron chi connectivity index (χ4n) is 2.36. The number of anilines is 1. The van der Waals surface area contributed by atoms with Crippen molar-refractivity contribution in [1.82, 2.24) is 0 Å². The molecule has 2 atom stereocenters. The molecule has 1 aromatic rings. The van der Waals surface area contributed by atoms with Gasteiger partial charge >= 0.3 is 0 Å². The Hall–Kier alpha value is -1.26. The number of hydrogen-bond donors (Lipinski definition) is 3. The van der Waals surface area contributed by atoms with Crippen molar-refractivity contribution in [2.24, 2.45) is 11.5 Å². The molecule has 0 spiro atoms. The second-order valence-electron chi connectivity index (χ2n) is 4.76. The van der Waals surface area contributed by atoms with Crippen LogP contribution in [-0.2, 0) is 0 Å². The second kappa shape index (κ2) is 5.59. The molecule has 5 N–H and O–H groups in total. The maximum absolute atomic E-state index is 11.1. The number of halogens is 1. The minimum Gasteiger partial charge on any atom is -0.381 e. The summed E-state index contributed by atoms with van der Waals surface area (Å²) in [4.78, 5) is 11.1. The molecule has 1 fully saturated rings. The first kappa shape index (κ1) is 13.2. The summed E-state index contributed by atoms with van der Waals surface area (Å²) in [6.07, 6.45) is 4.50. The molecule has 98 valence electrons. The van der Waals surface area contributed by atoms with E-state index in [1.807, 2.05) is 6.07 Å². The largest absolute Gasteiger partial charge is 0.381 e. The van der Waals surface area contributed by atoms with E-state index in [9.17, 15) is 4.79 Å². The predicted molar refractivity (Wildman–Crippen MR) is 73.8 cm³/mol. The number of primary amides is 1. The topological polar surface area (TPSA) is 81.1 Å². The van der Waals surface area contributed by atoms with Crippen LogP contribution in [0.5, 0.6) is 0 Å². The van der Waals surface area contributed by atoms with E-state index in [0.29, 0.717) is 10.6 Å². The van der Waals surface area contributed by atoms with Crippen LogP contribution in [0.4, 0.5) is 5.69 Å². The smallest absolute Gasteiger partial charge is 0.250 e. The first-order chi connectivity index (χ1) is 8.58. The Balaban J connectivity index is 2.10. The summed E-state index contributed by atoms with van der Waals surface area (Å²) in [5.74, 6) is -0.513. The molecule has 5 heteroatoms. The van der Waals surface area contributed by atoms with Gasteiger partial charge in [-0.3, -0.25) is 4.79 Å². The number of benzene rings is 1. The Labute approximate surface area is 112 Å². The van der Waals surface area contributed by atoms with Crippen LogP contribution in [0.1, 0.15) is 36.0 Å². The molecule has 1 saturated carbocycles. The molecule has 1 aliphatic rings. The molecule has 2 rings (SSSR count). The van der Waals surface area contributed by atoms with E-state index in [2.05, 4.69) is 5.32 Å². The summed E-state index contributed by atoms with van der Waals surface area (Å²) in [6, 6.07) is 5.63. The Morgan fingerprint density at radius 2 is 2.06 bits per heavy atom. The van der Waals surface area contributed by atoms with E-state index in [1.54, 1.807) is 12.1 Å². The Morgan fingerprint density at radius 1 is 1.33 bits per heavy atom. The molecule has 1 aromatic carbocycles. The minimum atomic E-state index is -0.513. The standard InChI is InChI=1S/C13H18ClN3O/c14-10-7-8(5-6-9(10)13(16)18)17-12-4-2-1-3-11(12)15/h5-7,11-12,17H,1-4,15H2,(H2,16,18). The number of rotatable bonds is 3. The molecule has 0 radical (unpaired) electrons. The second-order valence-corrected chi connectivity index (χ2v) is 5.17. The average molecular weight is 268 g/mol. The van der Waals surface area contributed by atoms with Crippen molar-refractivity contribution in [3.05, 3.63) is 28.8 Å². The zero-order valence-electron chi connectivity index (χ0n) is 10.2. The van der Waals surface area contributed by atoms with Crippen LogP contribution < -0.4 is 16.8 Å². The molecule has 0 saturated heterocycles. The van der Waals surface area contributed by atoms with Crippen molar-refractivity contribution >= 4 is 23.2 Å². The minimum absolute atomic E-state index is 0.174. The fourth-order valence-corrected chi connectivity index (χ4v) is 2.63. The Bertz CT molecular complexity index is 450. The van der Waals surface area contributed by atoms with Crippen LogP contribution in [0.15, 0.2) is 18.2 Å². The Morgan fingerprint density at radius 3 is 2.67 bits per heavy atom. The Kier molecular flexibility index (Phi) is 4.09. The van der Waals surface area contributed by atoms with Crippen LogP contribution in [0.2, 0.25) is 5.02 Å². The van der Waals surface area contributed by atoms with Gasteiger partial charge in [0, 0.05) is 17.8 Å². The molecule has 0 aromatic heterocycles. The van der Waals surface area contributed by atoms with E-state index < -0.39 is 5.91 Å². The van der Waals surface area contributed by atoms with Crippen LogP contribution in [0.3, 0.4) is 0 Å². The van der Waals surface area contributed by atoms with Gasteiger partial charge in [0.2, 0.25) is 5.91 Å². The highest BCUT2D eigenvalue weighted by Gasteiger charge is 2.21. The van der Waals surface area contributed by atoms with E-state index in [1.165, 1.54) is 12.8 Å². The van der Waals surface area contributed by atoms with Gasteiger partial charge in [0.05, 0.1) is 10.6 Å². The lowest BCUT2D eigenvalue weighted by atomic mass is 9.91. The van der Waals surface area contributed by atoms with Gasteiger partial charge in [-0.2, -0.15) is 0 Å². The summed E-state index contributed by atoms with van der Waals surface area (Å²) in [5, 5.41) is 3.75. The molecule has 0 heterocycles. The monoisotopic (exact) mass is 267 g/mol. The highest BCUT2D eigenvalue weighted by atomic mass is 35.5. The number of nitrogens with two attached hydrogens (primary N) is 2. The van der Waals surface area contributed by atoms with E-state index in [-0.39, 0.29) is 12.1 Å². The van der Waals surface area contributed by atoms with Crippen LogP contribution >= 0.6 is 11.6 Å². The molecular weight excluding hydrogens is 250 g/mol. The molecule has 2 unspecified atom stereocenters. The number of carbonyl (C=O) groups is 1. The van der Waals surface area contributed by atoms with Gasteiger partial charge in [0.15, 0.2) is 0 Å². The number of nitrogens with one attached hydrogen (secondary N) is 1. The van der Waals surface area contributed by atoms with Crippen molar-refractivity contribution in [2.75, 3.05) is 5.32 Å². The number of carbonyl (C=O) groups excluding carboxylic acids is 1. The third-order valence-electron chi connectivity index (χ3n) is 3.41. The number of amides is 1. The van der Waals surface area contributed by atoms with Crippen LogP contribution in [-0.4, -0.2) is 18.0 Å². The summed E-state index contributed by atoms with van der Waals surface area (Å²) < 4.78 is 0. The molecule has 1 amide bonds. The number of hydrogen-bond acceptors (Lipinski definition) is 3. The third-order valence-corrected chi connectivity index (χ3v) is 3.72. The van der Waals surface area contributed by atoms with Gasteiger partial charge in [0.1, 0.15) is 0 Å². The zero-order valence-corrected chi connectivity index (χ0v) is 10.9. The van der Waals surface area contributed by atoms with Crippen LogP contribution in [0, 0.1) is 0 Å². The van der Waals surface area contributed by atoms with E-state index in [0.717, 1.165) is 18.5 Å². The fraction of sp³-hybridized carbons (Fsp3) is 0.462. The predicted octanol–water partition coefficient (Wildman–Crippen LogP) is 2.12. The summed E-state index contributed by atoms with van der Waals surface area (Å²) in [5.41, 5.74) is 12.5. The van der Waals surface area contributed by atoms with Gasteiger partial charge in [-0.05, 0) is 31.0 Å². The first-order valence-corrected chi connectivity index (χ1v) is 6.57. The lowest BCUT2D eigenvalue weighted by Crippen LogP contribution is -2.42. The molecule has 4 nitrogen and oxygen atoms in total. The molecule has 0 bridgehead atoms. The summed E-state index contributed by atoms with van der Waals surface area (Å²) in [7, 11) is 0. The highest BCUT2D eigenvalue weighted by molar-refractivity contribution is 6.34.